The van der Waals surface area contributed by atoms with Crippen LogP contribution in [0.2, 0.25) is 0 Å². The SMILES string of the molecule is O=C(C1CCC(C(F)(F)F)CC1)N(CCBr)CC(F)F. The fourth-order valence-electron chi connectivity index (χ4n) is 2.49. The molecule has 0 saturated heterocycles. The molecule has 2 nitrogen and oxygen atoms in total. The van der Waals surface area contributed by atoms with Crippen molar-refractivity contribution < 1.29 is 26.7 Å². The molecule has 0 aromatic carbocycles. The van der Waals surface area contributed by atoms with Gasteiger partial charge in [-0.3, -0.25) is 4.79 Å². The summed E-state index contributed by atoms with van der Waals surface area (Å²) >= 11 is 3.08. The van der Waals surface area contributed by atoms with E-state index >= 15 is 0 Å². The number of halogens is 6. The molecule has 0 aromatic rings. The van der Waals surface area contributed by atoms with Crippen LogP contribution in [0.4, 0.5) is 22.0 Å². The van der Waals surface area contributed by atoms with Crippen molar-refractivity contribution in [2.75, 3.05) is 18.4 Å². The highest BCUT2D eigenvalue weighted by molar-refractivity contribution is 9.09. The summed E-state index contributed by atoms with van der Waals surface area (Å²) < 4.78 is 62.4. The molecule has 1 aliphatic rings. The van der Waals surface area contributed by atoms with Crippen LogP contribution in [0, 0.1) is 11.8 Å². The van der Waals surface area contributed by atoms with E-state index in [1.54, 1.807) is 0 Å². The van der Waals surface area contributed by atoms with Gasteiger partial charge in [0.25, 0.3) is 6.43 Å². The second kappa shape index (κ2) is 7.56. The van der Waals surface area contributed by atoms with Crippen molar-refractivity contribution in [1.82, 2.24) is 4.90 Å². The van der Waals surface area contributed by atoms with Gasteiger partial charge in [-0.1, -0.05) is 15.9 Å². The maximum atomic E-state index is 12.5. The number of rotatable bonds is 5. The van der Waals surface area contributed by atoms with E-state index in [2.05, 4.69) is 15.9 Å². The third-order valence-corrected chi connectivity index (χ3v) is 3.92. The molecule has 118 valence electrons. The zero-order valence-electron chi connectivity index (χ0n) is 10.8. The van der Waals surface area contributed by atoms with Gasteiger partial charge in [-0.2, -0.15) is 13.2 Å². The molecule has 20 heavy (non-hydrogen) atoms. The number of nitrogens with zero attached hydrogens (tertiary/aromatic N) is 1. The molecule has 0 aliphatic heterocycles. The second-order valence-corrected chi connectivity index (χ2v) is 5.75. The van der Waals surface area contributed by atoms with Gasteiger partial charge in [0.1, 0.15) is 0 Å². The number of amides is 1. The molecule has 8 heteroatoms. The van der Waals surface area contributed by atoms with Gasteiger partial charge in [0.15, 0.2) is 0 Å². The Balaban J connectivity index is 2.55. The van der Waals surface area contributed by atoms with Crippen LogP contribution >= 0.6 is 15.9 Å². The zero-order valence-corrected chi connectivity index (χ0v) is 12.4. The van der Waals surface area contributed by atoms with Gasteiger partial charge < -0.3 is 4.90 Å². The van der Waals surface area contributed by atoms with Crippen molar-refractivity contribution in [2.45, 2.75) is 38.3 Å². The summed E-state index contributed by atoms with van der Waals surface area (Å²) in [6.07, 6.45) is -6.83. The largest absolute Gasteiger partial charge is 0.391 e. The molecular weight excluding hydrogens is 349 g/mol. The van der Waals surface area contributed by atoms with E-state index in [9.17, 15) is 26.7 Å². The van der Waals surface area contributed by atoms with Crippen LogP contribution in [0.1, 0.15) is 25.7 Å². The van der Waals surface area contributed by atoms with E-state index in [1.807, 2.05) is 0 Å². The average Bonchev–Trinajstić information content (AvgIpc) is 2.36. The number of alkyl halides is 6. The Morgan fingerprint density at radius 2 is 1.75 bits per heavy atom. The third kappa shape index (κ3) is 5.18. The van der Waals surface area contributed by atoms with Crippen LogP contribution in [0.5, 0.6) is 0 Å². The quantitative estimate of drug-likeness (QED) is 0.535. The van der Waals surface area contributed by atoms with Crippen molar-refractivity contribution in [1.29, 1.82) is 0 Å². The topological polar surface area (TPSA) is 20.3 Å². The summed E-state index contributed by atoms with van der Waals surface area (Å²) in [5, 5.41) is 0.364. The van der Waals surface area contributed by atoms with Crippen molar-refractivity contribution in [3.63, 3.8) is 0 Å². The molecule has 0 aromatic heterocycles. The van der Waals surface area contributed by atoms with E-state index in [0.29, 0.717) is 5.33 Å². The molecule has 1 fully saturated rings. The Hall–Kier alpha value is -0.400. The van der Waals surface area contributed by atoms with Crippen LogP contribution in [0.25, 0.3) is 0 Å². The Bertz CT molecular complexity index is 315. The lowest BCUT2D eigenvalue weighted by atomic mass is 9.81. The van der Waals surface area contributed by atoms with Crippen LogP contribution in [0.3, 0.4) is 0 Å². The van der Waals surface area contributed by atoms with Crippen molar-refractivity contribution in [3.05, 3.63) is 0 Å². The molecule has 1 aliphatic carbocycles. The molecule has 1 amide bonds. The van der Waals surface area contributed by atoms with E-state index in [0.717, 1.165) is 4.90 Å². The lowest BCUT2D eigenvalue weighted by Crippen LogP contribution is -2.42. The van der Waals surface area contributed by atoms with E-state index in [4.69, 9.17) is 0 Å². The van der Waals surface area contributed by atoms with Crippen molar-refractivity contribution in [2.24, 2.45) is 11.8 Å². The van der Waals surface area contributed by atoms with Crippen molar-refractivity contribution >= 4 is 21.8 Å². The third-order valence-electron chi connectivity index (χ3n) is 3.56. The summed E-state index contributed by atoms with van der Waals surface area (Å²) in [5.41, 5.74) is 0. The minimum absolute atomic E-state index is 0.100. The van der Waals surface area contributed by atoms with Gasteiger partial charge in [0.2, 0.25) is 5.91 Å². The summed E-state index contributed by atoms with van der Waals surface area (Å²) in [6, 6.07) is 0. The Kier molecular flexibility index (Phi) is 6.68. The summed E-state index contributed by atoms with van der Waals surface area (Å²) in [4.78, 5) is 13.1. The zero-order chi connectivity index (χ0) is 15.3. The van der Waals surface area contributed by atoms with E-state index < -0.39 is 36.9 Å². The Labute approximate surface area is 122 Å². The van der Waals surface area contributed by atoms with Crippen LogP contribution in [0.15, 0.2) is 0 Å². The monoisotopic (exact) mass is 365 g/mol. The number of hydrogen-bond donors (Lipinski definition) is 0. The maximum Gasteiger partial charge on any atom is 0.391 e. The lowest BCUT2D eigenvalue weighted by Gasteiger charge is -2.32. The van der Waals surface area contributed by atoms with Gasteiger partial charge >= 0.3 is 6.18 Å². The molecule has 0 N–H and O–H groups in total. The number of carbonyl (C=O) groups is 1. The smallest absolute Gasteiger partial charge is 0.336 e. The van der Waals surface area contributed by atoms with Crippen LogP contribution in [-0.4, -0.2) is 41.8 Å². The molecule has 0 unspecified atom stereocenters. The second-order valence-electron chi connectivity index (χ2n) is 4.95. The first kappa shape index (κ1) is 17.7. The first-order valence-electron chi connectivity index (χ1n) is 6.45. The Morgan fingerprint density at radius 3 is 2.15 bits per heavy atom. The lowest BCUT2D eigenvalue weighted by molar-refractivity contribution is -0.185. The normalized spacial score (nSPS) is 23.9. The summed E-state index contributed by atoms with van der Waals surface area (Å²) in [6.45, 7) is -0.522. The molecule has 0 heterocycles. The minimum Gasteiger partial charge on any atom is -0.336 e. The van der Waals surface area contributed by atoms with Gasteiger partial charge in [0.05, 0.1) is 12.5 Å². The fraction of sp³-hybridized carbons (Fsp3) is 0.917. The molecule has 1 saturated carbocycles. The Morgan fingerprint density at radius 1 is 1.20 bits per heavy atom. The number of hydrogen-bond acceptors (Lipinski definition) is 1. The highest BCUT2D eigenvalue weighted by Crippen LogP contribution is 2.39. The summed E-state index contributed by atoms with van der Waals surface area (Å²) in [5.74, 6) is -2.39. The predicted octanol–water partition coefficient (Wildman–Crippen LogP) is 3.84. The van der Waals surface area contributed by atoms with E-state index in [1.165, 1.54) is 0 Å². The predicted molar refractivity (Wildman–Crippen MR) is 67.9 cm³/mol. The summed E-state index contributed by atoms with van der Waals surface area (Å²) in [7, 11) is 0. The molecule has 0 spiro atoms. The van der Waals surface area contributed by atoms with E-state index in [-0.39, 0.29) is 32.2 Å². The molecule has 0 atom stereocenters. The van der Waals surface area contributed by atoms with Crippen LogP contribution < -0.4 is 0 Å². The standard InChI is InChI=1S/C12H17BrF5NO/c13-5-6-19(7-10(14)15)11(20)8-1-3-9(4-2-8)12(16,17)18/h8-10H,1-7H2. The molecule has 0 radical (unpaired) electrons. The van der Waals surface area contributed by atoms with Gasteiger partial charge in [-0.05, 0) is 25.7 Å². The highest BCUT2D eigenvalue weighted by atomic mass is 79.9. The van der Waals surface area contributed by atoms with Gasteiger partial charge in [-0.15, -0.1) is 0 Å². The fourth-order valence-corrected chi connectivity index (χ4v) is 2.91. The van der Waals surface area contributed by atoms with Crippen molar-refractivity contribution in [3.8, 4) is 0 Å². The minimum atomic E-state index is -4.23. The average molecular weight is 366 g/mol. The molecule has 1 rings (SSSR count). The maximum absolute atomic E-state index is 12.5. The number of carbonyl (C=O) groups excluding carboxylic acids is 1. The first-order chi connectivity index (χ1) is 9.25. The molecule has 0 bridgehead atoms. The van der Waals surface area contributed by atoms with Gasteiger partial charge in [-0.25, -0.2) is 8.78 Å². The van der Waals surface area contributed by atoms with Crippen LogP contribution in [-0.2, 0) is 4.79 Å². The highest BCUT2D eigenvalue weighted by Gasteiger charge is 2.43. The molecular formula is C12H17BrF5NO. The van der Waals surface area contributed by atoms with Gasteiger partial charge in [0, 0.05) is 17.8 Å². The first-order valence-corrected chi connectivity index (χ1v) is 7.57.